The van der Waals surface area contributed by atoms with Crippen LogP contribution in [0.15, 0.2) is 64.1 Å². The van der Waals surface area contributed by atoms with Gasteiger partial charge in [-0.3, -0.25) is 43.5 Å². The molecule has 1 saturated heterocycles. The minimum Gasteiger partial charge on any atom is -0.480 e. The molecule has 11 atom stereocenters. The number of rotatable bonds is 18. The lowest BCUT2D eigenvalue weighted by Gasteiger charge is -2.28. The highest BCUT2D eigenvalue weighted by molar-refractivity contribution is 5.97. The number of nitrogens with two attached hydrogens (primary N) is 4. The van der Waals surface area contributed by atoms with Gasteiger partial charge in [0.2, 0.25) is 41.4 Å². The topological polar surface area (TPSA) is 428 Å². The van der Waals surface area contributed by atoms with Gasteiger partial charge in [-0.1, -0.05) is 74.9 Å². The van der Waals surface area contributed by atoms with Crippen LogP contribution in [-0.2, 0) is 54.3 Å². The van der Waals surface area contributed by atoms with Crippen LogP contribution in [0.4, 0.5) is 0 Å². The molecule has 0 bridgehead atoms. The van der Waals surface area contributed by atoms with Crippen molar-refractivity contribution in [1.29, 1.82) is 0 Å². The summed E-state index contributed by atoms with van der Waals surface area (Å²) in [6, 6.07) is -1.14. The number of hydrogen-bond acceptors (Lipinski definition) is 13. The second kappa shape index (κ2) is 31.9. The van der Waals surface area contributed by atoms with E-state index in [4.69, 9.17) is 27.7 Å². The third-order valence-electron chi connectivity index (χ3n) is 12.5. The molecular weight excluding hydrogens is 979 g/mol. The van der Waals surface area contributed by atoms with Crippen molar-refractivity contribution >= 4 is 65.2 Å². The summed E-state index contributed by atoms with van der Waals surface area (Å²) in [5, 5.41) is 45.6. The van der Waals surface area contributed by atoms with Crippen LogP contribution in [0.3, 0.4) is 0 Å². The van der Waals surface area contributed by atoms with Crippen LogP contribution >= 0.6 is 0 Å². The number of carbonyl (C=O) groups excluding carboxylic acids is 7. The molecule has 17 N–H and O–H groups in total. The Morgan fingerprint density at radius 3 is 1.83 bits per heavy atom. The SMILES string of the molecule is CO[C@@H](Cc1ccccc1)[C@@H](C)/C=C(C)/C=C/[C@@H]1NC(=O)[C@H](CCCN=C(N)N)NC(=O)[C@@H](C)[C@H](C(=O)O)NC(=O)[C@H](CCCN=C(N)N)NC(=O)[C@@H](C)NC(=O)[C@@H](CO)N(C)C(=O)CC[C@H](C(=O)O)NC(=O)[C@H]1C. The van der Waals surface area contributed by atoms with Gasteiger partial charge in [0.25, 0.3) is 0 Å². The van der Waals surface area contributed by atoms with Gasteiger partial charge in [0.1, 0.15) is 36.3 Å². The first-order valence-corrected chi connectivity index (χ1v) is 24.5. The Balaban J connectivity index is 2.76. The highest BCUT2D eigenvalue weighted by Crippen LogP contribution is 2.19. The van der Waals surface area contributed by atoms with Gasteiger partial charge in [0, 0.05) is 39.6 Å². The van der Waals surface area contributed by atoms with Gasteiger partial charge < -0.3 is 79.8 Å². The van der Waals surface area contributed by atoms with Crippen LogP contribution in [0.1, 0.15) is 78.7 Å². The minimum absolute atomic E-state index is 0.00345. The summed E-state index contributed by atoms with van der Waals surface area (Å²) >= 11 is 0. The van der Waals surface area contributed by atoms with Crippen molar-refractivity contribution in [2.45, 2.75) is 128 Å². The van der Waals surface area contributed by atoms with Crippen LogP contribution in [0.2, 0.25) is 0 Å². The maximum Gasteiger partial charge on any atom is 0.327 e. The van der Waals surface area contributed by atoms with E-state index < -0.39 is 127 Å². The predicted molar refractivity (Wildman–Crippen MR) is 277 cm³/mol. The number of amides is 7. The maximum absolute atomic E-state index is 14.4. The molecule has 0 spiro atoms. The molecule has 2 rings (SSSR count). The number of aliphatic hydroxyl groups excluding tert-OH is 1. The van der Waals surface area contributed by atoms with E-state index in [1.54, 1.807) is 20.1 Å². The molecule has 1 aromatic carbocycles. The standard InChI is InChI=1S/C49H77N13O13/c1-26(23-27(2)37(75-7)24-31-13-9-8-10-14-31)17-18-32-28(3)40(65)60-35(46(71)72)19-20-38(64)62(6)36(25-63)45(70)56-30(5)42(67)59-34(16-12-22-55-49(52)53)44(69)61-39(47(73)74)29(4)41(66)58-33(43(68)57-32)15-11-21-54-48(50)51/h8-10,13-14,17-18,23,27-30,32-37,39,63H,11-12,15-16,19-22,24-25H2,1-7H3,(H,56,70)(H,57,68)(H,58,66)(H,59,67)(H,60,65)(H,61,69)(H,71,72)(H,73,74)(H4,50,51,54)(H4,52,53,55)/b18-17+,26-23+/t27-,28-,29-,30+,32-,33-,34-,35+,36+,37-,39+/m0/s1. The van der Waals surface area contributed by atoms with E-state index in [1.807, 2.05) is 43.3 Å². The zero-order chi connectivity index (χ0) is 56.5. The molecule has 7 amide bonds. The number of hydrogen-bond donors (Lipinski definition) is 13. The van der Waals surface area contributed by atoms with Crippen LogP contribution in [0.25, 0.3) is 0 Å². The zero-order valence-corrected chi connectivity index (χ0v) is 43.6. The Bertz CT molecular complexity index is 2250. The highest BCUT2D eigenvalue weighted by atomic mass is 16.5. The summed E-state index contributed by atoms with van der Waals surface area (Å²) < 4.78 is 5.81. The van der Waals surface area contributed by atoms with Gasteiger partial charge in [0.05, 0.1) is 30.6 Å². The number of likely N-dealkylation sites (N-methyl/N-ethyl adjacent to an activating group) is 1. The highest BCUT2D eigenvalue weighted by Gasteiger charge is 2.38. The largest absolute Gasteiger partial charge is 0.480 e. The molecule has 1 aliphatic heterocycles. The van der Waals surface area contributed by atoms with Gasteiger partial charge in [-0.2, -0.15) is 0 Å². The van der Waals surface area contributed by atoms with Gasteiger partial charge in [0.15, 0.2) is 11.9 Å². The number of carboxylic acids is 2. The summed E-state index contributed by atoms with van der Waals surface area (Å²) in [5.74, 6) is -13.3. The Hall–Kier alpha value is -7.61. The molecule has 26 nitrogen and oxygen atoms in total. The molecule has 1 heterocycles. The molecule has 0 unspecified atom stereocenters. The third kappa shape index (κ3) is 21.8. The van der Waals surface area contributed by atoms with Crippen molar-refractivity contribution in [3.63, 3.8) is 0 Å². The van der Waals surface area contributed by atoms with Crippen LogP contribution in [0, 0.1) is 17.8 Å². The summed E-state index contributed by atoms with van der Waals surface area (Å²) in [7, 11) is 2.76. The Morgan fingerprint density at radius 2 is 1.31 bits per heavy atom. The first kappa shape index (κ1) is 63.5. The zero-order valence-electron chi connectivity index (χ0n) is 43.6. The smallest absolute Gasteiger partial charge is 0.327 e. The third-order valence-corrected chi connectivity index (χ3v) is 12.5. The van der Waals surface area contributed by atoms with E-state index >= 15 is 0 Å². The molecule has 416 valence electrons. The fourth-order valence-corrected chi connectivity index (χ4v) is 7.82. The average Bonchev–Trinajstić information content (AvgIpc) is 3.35. The van der Waals surface area contributed by atoms with Crippen molar-refractivity contribution in [3.8, 4) is 0 Å². The summed E-state index contributed by atoms with van der Waals surface area (Å²) in [6.07, 6.45) is 4.22. The lowest BCUT2D eigenvalue weighted by molar-refractivity contribution is -0.146. The molecule has 1 aliphatic rings. The quantitative estimate of drug-likeness (QED) is 0.0312. The number of aliphatic carboxylic acids is 2. The monoisotopic (exact) mass is 1060 g/mol. The van der Waals surface area contributed by atoms with Gasteiger partial charge >= 0.3 is 11.9 Å². The number of nitrogens with zero attached hydrogens (tertiary/aromatic N) is 3. The normalized spacial score (nSPS) is 25.4. The fraction of sp³-hybridized carbons (Fsp3) is 0.571. The molecule has 1 fully saturated rings. The molecule has 0 saturated carbocycles. The lowest BCUT2D eigenvalue weighted by atomic mass is 9.94. The fourth-order valence-electron chi connectivity index (χ4n) is 7.82. The van der Waals surface area contributed by atoms with Crippen LogP contribution in [0.5, 0.6) is 0 Å². The molecule has 0 radical (unpaired) electrons. The summed E-state index contributed by atoms with van der Waals surface area (Å²) in [4.78, 5) is 131. The van der Waals surface area contributed by atoms with Crippen molar-refractivity contribution < 1.29 is 63.2 Å². The van der Waals surface area contributed by atoms with E-state index in [-0.39, 0.29) is 62.7 Å². The van der Waals surface area contributed by atoms with E-state index in [0.29, 0.717) is 12.0 Å². The first-order valence-electron chi connectivity index (χ1n) is 24.5. The number of nitrogens with one attached hydrogen (secondary N) is 6. The predicted octanol–water partition coefficient (Wildman–Crippen LogP) is -2.53. The number of carboxylic acid groups (broad SMARTS) is 2. The maximum atomic E-state index is 14.4. The van der Waals surface area contributed by atoms with Crippen LogP contribution < -0.4 is 54.8 Å². The number of guanidine groups is 2. The number of aliphatic imine (C=N–C) groups is 2. The summed E-state index contributed by atoms with van der Waals surface area (Å²) in [6.45, 7) is 6.59. The van der Waals surface area contributed by atoms with Crippen molar-refractivity contribution in [2.75, 3.05) is 33.9 Å². The van der Waals surface area contributed by atoms with Crippen molar-refractivity contribution in [2.24, 2.45) is 50.7 Å². The summed E-state index contributed by atoms with van der Waals surface area (Å²) in [5.41, 5.74) is 23.6. The number of allylic oxidation sites excluding steroid dienone is 2. The number of aliphatic hydroxyl groups is 1. The minimum atomic E-state index is -1.96. The van der Waals surface area contributed by atoms with Crippen molar-refractivity contribution in [3.05, 3.63) is 59.7 Å². The van der Waals surface area contributed by atoms with Gasteiger partial charge in [-0.05, 0) is 57.9 Å². The number of ether oxygens (including phenoxy) is 1. The molecule has 26 heteroatoms. The van der Waals surface area contributed by atoms with Gasteiger partial charge in [-0.15, -0.1) is 0 Å². The lowest BCUT2D eigenvalue weighted by Crippen LogP contribution is -2.59. The Morgan fingerprint density at radius 1 is 0.760 bits per heavy atom. The molecule has 75 heavy (non-hydrogen) atoms. The van der Waals surface area contributed by atoms with Gasteiger partial charge in [-0.25, -0.2) is 9.59 Å². The number of methoxy groups -OCH3 is 1. The van der Waals surface area contributed by atoms with E-state index in [0.717, 1.165) is 17.5 Å². The van der Waals surface area contributed by atoms with E-state index in [9.17, 15) is 58.5 Å². The number of benzene rings is 1. The Kier molecular flexibility index (Phi) is 27.0. The molecule has 0 aromatic heterocycles. The average molecular weight is 1060 g/mol. The Labute approximate surface area is 436 Å². The first-order chi connectivity index (χ1) is 35.3. The van der Waals surface area contributed by atoms with E-state index in [1.165, 1.54) is 26.8 Å². The molecular formula is C49H77N13O13. The molecule has 0 aliphatic carbocycles. The second-order valence-electron chi connectivity index (χ2n) is 18.4. The molecule has 1 aromatic rings. The van der Waals surface area contributed by atoms with E-state index in [2.05, 4.69) is 41.9 Å². The van der Waals surface area contributed by atoms with Crippen molar-refractivity contribution in [1.82, 2.24) is 36.8 Å². The number of carbonyl (C=O) groups is 9. The second-order valence-corrected chi connectivity index (χ2v) is 18.4. The van der Waals surface area contributed by atoms with Crippen LogP contribution in [-0.4, -0.2) is 168 Å².